The largest absolute Gasteiger partial charge is 0.466 e. The smallest absolute Gasteiger partial charge is 0.306 e. The zero-order valence-corrected chi connectivity index (χ0v) is 16.2. The van der Waals surface area contributed by atoms with Gasteiger partial charge in [0, 0.05) is 4.91 Å². The molecule has 0 aliphatic carbocycles. The summed E-state index contributed by atoms with van der Waals surface area (Å²) < 4.78 is 28.8. The van der Waals surface area contributed by atoms with Gasteiger partial charge < -0.3 is 23.7 Å². The maximum absolute atomic E-state index is 12.0. The summed E-state index contributed by atoms with van der Waals surface area (Å²) in [6.07, 6.45) is -2.55. The van der Waals surface area contributed by atoms with Crippen LogP contribution in [0.1, 0.15) is 32.8 Å². The van der Waals surface area contributed by atoms with Crippen molar-refractivity contribution in [2.45, 2.75) is 70.2 Å². The molecule has 5 atom stereocenters. The Balaban J connectivity index is 1.78. The van der Waals surface area contributed by atoms with Crippen molar-refractivity contribution in [1.82, 2.24) is 0 Å². The summed E-state index contributed by atoms with van der Waals surface area (Å²) in [4.78, 5) is 14.8. The van der Waals surface area contributed by atoms with Gasteiger partial charge >= 0.3 is 5.97 Å². The fourth-order valence-corrected chi connectivity index (χ4v) is 3.45. The molecule has 2 fully saturated rings. The van der Waals surface area contributed by atoms with Crippen molar-refractivity contribution in [3.8, 4) is 0 Å². The molecule has 152 valence electrons. The first-order chi connectivity index (χ1) is 13.4. The van der Waals surface area contributed by atoms with Gasteiger partial charge in [0.2, 0.25) is 0 Å². The van der Waals surface area contributed by atoms with Crippen molar-refractivity contribution < 1.29 is 28.5 Å². The van der Waals surface area contributed by atoms with Crippen LogP contribution in [0.5, 0.6) is 0 Å². The van der Waals surface area contributed by atoms with Gasteiger partial charge in [0.1, 0.15) is 12.2 Å². The molecule has 1 aromatic rings. The molecule has 0 radical (unpaired) electrons. The Labute approximate surface area is 163 Å². The molecule has 9 nitrogen and oxygen atoms in total. The lowest BCUT2D eigenvalue weighted by atomic mass is 10.0. The molecule has 1 aromatic carbocycles. The molecule has 0 aromatic heterocycles. The quantitative estimate of drug-likeness (QED) is 0.291. The molecule has 2 heterocycles. The number of nitrogens with zero attached hydrogens (tertiary/aromatic N) is 3. The molecule has 0 N–H and O–H groups in total. The van der Waals surface area contributed by atoms with Crippen LogP contribution in [-0.4, -0.2) is 49.0 Å². The van der Waals surface area contributed by atoms with E-state index in [4.69, 9.17) is 29.2 Å². The highest BCUT2D eigenvalue weighted by Crippen LogP contribution is 2.41. The van der Waals surface area contributed by atoms with Crippen molar-refractivity contribution in [2.75, 3.05) is 6.61 Å². The van der Waals surface area contributed by atoms with Crippen LogP contribution in [0.4, 0.5) is 0 Å². The number of fused-ring (bicyclic) bond motifs is 1. The minimum atomic E-state index is -0.816. The van der Waals surface area contributed by atoms with Gasteiger partial charge in [-0.15, -0.1) is 0 Å². The van der Waals surface area contributed by atoms with E-state index in [9.17, 15) is 4.79 Å². The summed E-state index contributed by atoms with van der Waals surface area (Å²) in [5.74, 6) is -1.28. The van der Waals surface area contributed by atoms with Gasteiger partial charge in [-0.25, -0.2) is 0 Å². The lowest BCUT2D eigenvalue weighted by Crippen LogP contribution is -2.42. The second kappa shape index (κ2) is 8.89. The van der Waals surface area contributed by atoms with Crippen LogP contribution in [0.3, 0.4) is 0 Å². The SMILES string of the molecule is CCOC(=O)C[C@@H](N=[N+]=[N-])[C@H]1O[C@@H]2OC(C)(C)O[C@@H]2[C@H]1OCc1ccccc1. The molecular weight excluding hydrogens is 366 g/mol. The number of ether oxygens (including phenoxy) is 5. The number of carbonyl (C=O) groups is 1. The molecule has 3 rings (SSSR count). The van der Waals surface area contributed by atoms with Crippen LogP contribution in [0.15, 0.2) is 35.4 Å². The second-order valence-corrected chi connectivity index (χ2v) is 7.11. The number of benzene rings is 1. The number of hydrogen-bond acceptors (Lipinski definition) is 7. The van der Waals surface area contributed by atoms with E-state index in [-0.39, 0.29) is 13.0 Å². The summed E-state index contributed by atoms with van der Waals surface area (Å²) in [7, 11) is 0. The lowest BCUT2D eigenvalue weighted by molar-refractivity contribution is -0.221. The number of hydrogen-bond donors (Lipinski definition) is 0. The van der Waals surface area contributed by atoms with Crippen molar-refractivity contribution in [3.63, 3.8) is 0 Å². The first-order valence-corrected chi connectivity index (χ1v) is 9.30. The average molecular weight is 391 g/mol. The Morgan fingerprint density at radius 3 is 2.75 bits per heavy atom. The van der Waals surface area contributed by atoms with Gasteiger partial charge in [-0.1, -0.05) is 35.4 Å². The molecule has 2 aliphatic heterocycles. The van der Waals surface area contributed by atoms with E-state index in [0.717, 1.165) is 5.56 Å². The summed E-state index contributed by atoms with van der Waals surface area (Å²) in [6, 6.07) is 8.86. The third kappa shape index (κ3) is 4.81. The third-order valence-corrected chi connectivity index (χ3v) is 4.57. The van der Waals surface area contributed by atoms with Crippen molar-refractivity contribution in [2.24, 2.45) is 5.11 Å². The lowest BCUT2D eigenvalue weighted by Gasteiger charge is -2.28. The Bertz CT molecular complexity index is 722. The van der Waals surface area contributed by atoms with Crippen molar-refractivity contribution >= 4 is 5.97 Å². The molecule has 0 unspecified atom stereocenters. The summed E-state index contributed by atoms with van der Waals surface area (Å²) in [5, 5.41) is 3.76. The number of esters is 1. The number of rotatable bonds is 8. The van der Waals surface area contributed by atoms with Crippen LogP contribution in [-0.2, 0) is 35.1 Å². The summed E-state index contributed by atoms with van der Waals surface area (Å²) in [6.45, 7) is 5.86. The zero-order chi connectivity index (χ0) is 20.1. The predicted octanol–water partition coefficient (Wildman–Crippen LogP) is 3.08. The van der Waals surface area contributed by atoms with Crippen LogP contribution >= 0.6 is 0 Å². The minimum absolute atomic E-state index is 0.114. The first-order valence-electron chi connectivity index (χ1n) is 9.30. The van der Waals surface area contributed by atoms with Gasteiger partial charge in [-0.05, 0) is 31.9 Å². The highest BCUT2D eigenvalue weighted by atomic mass is 16.8. The molecular formula is C19H25N3O6. The van der Waals surface area contributed by atoms with E-state index in [0.29, 0.717) is 6.61 Å². The van der Waals surface area contributed by atoms with Gasteiger partial charge in [0.05, 0.1) is 31.8 Å². The Hall–Kier alpha value is -2.16. The highest BCUT2D eigenvalue weighted by Gasteiger charge is 2.57. The van der Waals surface area contributed by atoms with E-state index in [2.05, 4.69) is 10.0 Å². The van der Waals surface area contributed by atoms with Gasteiger partial charge in [-0.3, -0.25) is 4.79 Å². The van der Waals surface area contributed by atoms with Gasteiger partial charge in [-0.2, -0.15) is 0 Å². The molecule has 0 amide bonds. The predicted molar refractivity (Wildman–Crippen MR) is 97.9 cm³/mol. The summed E-state index contributed by atoms with van der Waals surface area (Å²) in [5.41, 5.74) is 9.95. The molecule has 2 aliphatic rings. The average Bonchev–Trinajstić information content (AvgIpc) is 3.12. The fourth-order valence-electron chi connectivity index (χ4n) is 3.45. The van der Waals surface area contributed by atoms with Crippen LogP contribution < -0.4 is 0 Å². The third-order valence-electron chi connectivity index (χ3n) is 4.57. The number of carbonyl (C=O) groups excluding carboxylic acids is 1. The van der Waals surface area contributed by atoms with Crippen LogP contribution in [0.25, 0.3) is 10.4 Å². The second-order valence-electron chi connectivity index (χ2n) is 7.11. The molecule has 2 saturated heterocycles. The van der Waals surface area contributed by atoms with Crippen molar-refractivity contribution in [1.29, 1.82) is 0 Å². The number of azide groups is 1. The molecule has 0 saturated carbocycles. The first kappa shape index (κ1) is 20.6. The fraction of sp³-hybridized carbons (Fsp3) is 0.632. The van der Waals surface area contributed by atoms with Crippen molar-refractivity contribution in [3.05, 3.63) is 46.3 Å². The van der Waals surface area contributed by atoms with E-state index >= 15 is 0 Å². The van der Waals surface area contributed by atoms with E-state index < -0.39 is 42.4 Å². The molecule has 9 heteroatoms. The van der Waals surface area contributed by atoms with Crippen LogP contribution in [0, 0.1) is 0 Å². The van der Waals surface area contributed by atoms with Gasteiger partial charge in [0.25, 0.3) is 0 Å². The molecule has 0 spiro atoms. The van der Waals surface area contributed by atoms with Crippen LogP contribution in [0.2, 0.25) is 0 Å². The Morgan fingerprint density at radius 1 is 1.32 bits per heavy atom. The molecule has 28 heavy (non-hydrogen) atoms. The standard InChI is InChI=1S/C19H25N3O6/c1-4-24-14(23)10-13(21-22-20)15-16(25-11-12-8-6-5-7-9-12)17-18(26-15)28-19(2,3)27-17/h5-9,13,15-18H,4,10-11H2,1-3H3/t13-,15-,16+,17-,18-/m1/s1. The van der Waals surface area contributed by atoms with E-state index in [1.807, 2.05) is 30.3 Å². The molecule has 0 bridgehead atoms. The Kier molecular flexibility index (Phi) is 6.53. The maximum atomic E-state index is 12.0. The Morgan fingerprint density at radius 2 is 2.07 bits per heavy atom. The van der Waals surface area contributed by atoms with E-state index in [1.54, 1.807) is 20.8 Å². The van der Waals surface area contributed by atoms with Gasteiger partial charge in [0.15, 0.2) is 12.1 Å². The highest BCUT2D eigenvalue weighted by molar-refractivity contribution is 5.70. The minimum Gasteiger partial charge on any atom is -0.466 e. The monoisotopic (exact) mass is 391 g/mol. The maximum Gasteiger partial charge on any atom is 0.306 e. The zero-order valence-electron chi connectivity index (χ0n) is 16.2. The normalized spacial score (nSPS) is 29.0. The van der Waals surface area contributed by atoms with E-state index in [1.165, 1.54) is 0 Å². The topological polar surface area (TPSA) is 112 Å². The summed E-state index contributed by atoms with van der Waals surface area (Å²) >= 11 is 0.